The van der Waals surface area contributed by atoms with Gasteiger partial charge in [0, 0.05) is 48.6 Å². The molecule has 1 aromatic carbocycles. The Balaban J connectivity index is 1.48. The monoisotopic (exact) mass is 444 g/mol. The van der Waals surface area contributed by atoms with Crippen LogP contribution in [0.3, 0.4) is 0 Å². The third kappa shape index (κ3) is 3.91. The molecule has 3 aromatic rings. The van der Waals surface area contributed by atoms with Crippen molar-refractivity contribution in [1.82, 2.24) is 15.0 Å². The van der Waals surface area contributed by atoms with Gasteiger partial charge in [-0.3, -0.25) is 14.6 Å². The number of fused-ring (bicyclic) bond motifs is 1. The minimum Gasteiger partial charge on any atom is -0.378 e. The van der Waals surface area contributed by atoms with E-state index in [1.165, 1.54) is 0 Å². The molecule has 1 saturated heterocycles. The quantitative estimate of drug-likeness (QED) is 0.637. The molecule has 5 rings (SSSR count). The molecule has 9 heteroatoms. The molecular weight excluding hydrogens is 420 g/mol. The predicted octanol–water partition coefficient (Wildman–Crippen LogP) is 2.86. The standard InChI is InChI=1S/C24H24N6O3/c1-24(2)18-13-16(3-4-19(18)28-22(24)32)27-21(31)17-14-26-23(30-9-11-33-12-10-30)29-20(17)15-5-7-25-8-6-15/h3-8,13-14H,9-12H2,1-2H3,(H,27,31)(H,28,32). The molecule has 2 N–H and O–H groups in total. The van der Waals surface area contributed by atoms with Crippen LogP contribution in [0.1, 0.15) is 29.8 Å². The zero-order valence-corrected chi connectivity index (χ0v) is 18.5. The van der Waals surface area contributed by atoms with Gasteiger partial charge in [0.05, 0.1) is 29.9 Å². The summed E-state index contributed by atoms with van der Waals surface area (Å²) < 4.78 is 5.42. The van der Waals surface area contributed by atoms with E-state index in [-0.39, 0.29) is 11.8 Å². The second kappa shape index (κ2) is 8.25. The Morgan fingerprint density at radius 1 is 1.15 bits per heavy atom. The number of ether oxygens (including phenoxy) is 1. The van der Waals surface area contributed by atoms with Gasteiger partial charge in [0.25, 0.3) is 5.91 Å². The van der Waals surface area contributed by atoms with Crippen LogP contribution in [0.5, 0.6) is 0 Å². The van der Waals surface area contributed by atoms with Crippen LogP contribution in [0.15, 0.2) is 48.9 Å². The number of amides is 2. The van der Waals surface area contributed by atoms with Gasteiger partial charge in [-0.05, 0) is 49.7 Å². The number of hydrogen-bond acceptors (Lipinski definition) is 7. The number of morpholine rings is 1. The molecule has 0 aliphatic carbocycles. The number of aromatic nitrogens is 3. The van der Waals surface area contributed by atoms with Crippen molar-refractivity contribution in [1.29, 1.82) is 0 Å². The van der Waals surface area contributed by atoms with Crippen molar-refractivity contribution >= 4 is 29.1 Å². The minimum absolute atomic E-state index is 0.0620. The first-order chi connectivity index (χ1) is 15.9. The van der Waals surface area contributed by atoms with Crippen molar-refractivity contribution in [2.45, 2.75) is 19.3 Å². The van der Waals surface area contributed by atoms with Crippen LogP contribution >= 0.6 is 0 Å². The van der Waals surface area contributed by atoms with E-state index < -0.39 is 5.41 Å². The van der Waals surface area contributed by atoms with E-state index in [4.69, 9.17) is 9.72 Å². The van der Waals surface area contributed by atoms with Crippen molar-refractivity contribution in [2.75, 3.05) is 41.8 Å². The molecule has 1 fully saturated rings. The molecule has 0 radical (unpaired) electrons. The van der Waals surface area contributed by atoms with Gasteiger partial charge in [-0.25, -0.2) is 9.97 Å². The zero-order chi connectivity index (χ0) is 23.0. The molecule has 168 valence electrons. The predicted molar refractivity (Wildman–Crippen MR) is 124 cm³/mol. The average Bonchev–Trinajstić information content (AvgIpc) is 3.07. The molecule has 0 spiro atoms. The lowest BCUT2D eigenvalue weighted by molar-refractivity contribution is -0.119. The third-order valence-corrected chi connectivity index (χ3v) is 6.03. The van der Waals surface area contributed by atoms with Gasteiger partial charge in [-0.2, -0.15) is 0 Å². The number of rotatable bonds is 4. The van der Waals surface area contributed by atoms with Gasteiger partial charge in [0.15, 0.2) is 0 Å². The maximum absolute atomic E-state index is 13.3. The molecule has 0 atom stereocenters. The Hall–Kier alpha value is -3.85. The van der Waals surface area contributed by atoms with E-state index in [0.717, 1.165) is 16.8 Å². The topological polar surface area (TPSA) is 109 Å². The Kier molecular flexibility index (Phi) is 5.26. The number of hydrogen-bond donors (Lipinski definition) is 2. The van der Waals surface area contributed by atoms with Crippen molar-refractivity contribution in [2.24, 2.45) is 0 Å². The smallest absolute Gasteiger partial charge is 0.259 e. The molecule has 0 bridgehead atoms. The minimum atomic E-state index is -0.665. The lowest BCUT2D eigenvalue weighted by atomic mass is 9.86. The fraction of sp³-hybridized carbons (Fsp3) is 0.292. The largest absolute Gasteiger partial charge is 0.378 e. The summed E-state index contributed by atoms with van der Waals surface area (Å²) in [5, 5.41) is 5.82. The molecule has 4 heterocycles. The van der Waals surface area contributed by atoms with Crippen molar-refractivity contribution < 1.29 is 14.3 Å². The summed E-state index contributed by atoms with van der Waals surface area (Å²) in [7, 11) is 0. The summed E-state index contributed by atoms with van der Waals surface area (Å²) in [5.74, 6) is 0.170. The van der Waals surface area contributed by atoms with E-state index in [9.17, 15) is 9.59 Å². The summed E-state index contributed by atoms with van der Waals surface area (Å²) in [4.78, 5) is 40.9. The van der Waals surface area contributed by atoms with E-state index in [1.54, 1.807) is 30.7 Å². The lowest BCUT2D eigenvalue weighted by Crippen LogP contribution is -2.37. The Morgan fingerprint density at radius 2 is 1.91 bits per heavy atom. The Morgan fingerprint density at radius 3 is 2.67 bits per heavy atom. The van der Waals surface area contributed by atoms with Crippen LogP contribution in [-0.4, -0.2) is 53.1 Å². The van der Waals surface area contributed by atoms with Crippen LogP contribution in [-0.2, 0) is 14.9 Å². The van der Waals surface area contributed by atoms with Gasteiger partial charge in [-0.15, -0.1) is 0 Å². The molecule has 9 nitrogen and oxygen atoms in total. The number of carbonyl (C=O) groups is 2. The molecule has 2 aromatic heterocycles. The summed E-state index contributed by atoms with van der Waals surface area (Å²) >= 11 is 0. The van der Waals surface area contributed by atoms with Crippen LogP contribution < -0.4 is 15.5 Å². The summed E-state index contributed by atoms with van der Waals surface area (Å²) in [6, 6.07) is 9.04. The molecule has 2 aliphatic rings. The SMILES string of the molecule is CC1(C)C(=O)Nc2ccc(NC(=O)c3cnc(N4CCOCC4)nc3-c3ccncc3)cc21. The molecular formula is C24H24N6O3. The van der Waals surface area contributed by atoms with Gasteiger partial charge in [-0.1, -0.05) is 0 Å². The van der Waals surface area contributed by atoms with Crippen LogP contribution in [0.25, 0.3) is 11.3 Å². The fourth-order valence-corrected chi connectivity index (χ4v) is 4.03. The van der Waals surface area contributed by atoms with Gasteiger partial charge in [0.1, 0.15) is 0 Å². The normalized spacial score (nSPS) is 16.8. The van der Waals surface area contributed by atoms with Gasteiger partial charge >= 0.3 is 0 Å². The number of carbonyl (C=O) groups excluding carboxylic acids is 2. The van der Waals surface area contributed by atoms with Crippen LogP contribution in [0.2, 0.25) is 0 Å². The molecule has 33 heavy (non-hydrogen) atoms. The molecule has 2 aliphatic heterocycles. The first kappa shape index (κ1) is 21.0. The second-order valence-electron chi connectivity index (χ2n) is 8.56. The lowest BCUT2D eigenvalue weighted by Gasteiger charge is -2.27. The number of anilines is 3. The highest BCUT2D eigenvalue weighted by Crippen LogP contribution is 2.38. The highest BCUT2D eigenvalue weighted by atomic mass is 16.5. The highest BCUT2D eigenvalue weighted by molar-refractivity contribution is 6.09. The average molecular weight is 444 g/mol. The maximum atomic E-state index is 13.3. The summed E-state index contributed by atoms with van der Waals surface area (Å²) in [6.45, 7) is 6.33. The Labute approximate surface area is 191 Å². The van der Waals surface area contributed by atoms with Gasteiger partial charge in [0.2, 0.25) is 11.9 Å². The number of benzene rings is 1. The van der Waals surface area contributed by atoms with E-state index in [0.29, 0.717) is 49.2 Å². The van der Waals surface area contributed by atoms with E-state index in [1.807, 2.05) is 36.9 Å². The van der Waals surface area contributed by atoms with Crippen molar-refractivity contribution in [3.63, 3.8) is 0 Å². The second-order valence-corrected chi connectivity index (χ2v) is 8.56. The zero-order valence-electron chi connectivity index (χ0n) is 18.5. The van der Waals surface area contributed by atoms with Crippen molar-refractivity contribution in [3.8, 4) is 11.3 Å². The van der Waals surface area contributed by atoms with Crippen LogP contribution in [0.4, 0.5) is 17.3 Å². The Bertz CT molecular complexity index is 1220. The van der Waals surface area contributed by atoms with E-state index in [2.05, 4.69) is 20.6 Å². The van der Waals surface area contributed by atoms with E-state index >= 15 is 0 Å². The fourth-order valence-electron chi connectivity index (χ4n) is 4.03. The molecule has 0 saturated carbocycles. The van der Waals surface area contributed by atoms with Crippen LogP contribution in [0, 0.1) is 0 Å². The first-order valence-corrected chi connectivity index (χ1v) is 10.8. The van der Waals surface area contributed by atoms with Gasteiger partial charge < -0.3 is 20.3 Å². The van der Waals surface area contributed by atoms with Crippen molar-refractivity contribution in [3.05, 3.63) is 60.0 Å². The number of nitrogens with zero attached hydrogens (tertiary/aromatic N) is 4. The third-order valence-electron chi connectivity index (χ3n) is 6.03. The molecule has 2 amide bonds. The first-order valence-electron chi connectivity index (χ1n) is 10.8. The molecule has 0 unspecified atom stereocenters. The summed E-state index contributed by atoms with van der Waals surface area (Å²) in [5.41, 5.74) is 3.20. The number of nitrogens with one attached hydrogen (secondary N) is 2. The summed E-state index contributed by atoms with van der Waals surface area (Å²) in [6.07, 6.45) is 4.89. The maximum Gasteiger partial charge on any atom is 0.259 e. The number of pyridine rings is 1. The highest BCUT2D eigenvalue weighted by Gasteiger charge is 2.38.